The smallest absolute Gasteiger partial charge is 0.381 e. The van der Waals surface area contributed by atoms with Crippen LogP contribution in [0.15, 0.2) is 0 Å². The first kappa shape index (κ1) is 24.8. The number of ether oxygens (including phenoxy) is 1. The summed E-state index contributed by atoms with van der Waals surface area (Å²) < 4.78 is 41.4. The largest absolute Gasteiger partial charge is 0.389 e. The molecule has 0 atom stereocenters. The van der Waals surface area contributed by atoms with E-state index in [1.807, 2.05) is 0 Å². The molecule has 0 N–H and O–H groups in total. The van der Waals surface area contributed by atoms with Crippen molar-refractivity contribution in [3.05, 3.63) is 0 Å². The van der Waals surface area contributed by atoms with Crippen LogP contribution in [-0.2, 0) is 4.74 Å². The van der Waals surface area contributed by atoms with E-state index in [9.17, 15) is 13.2 Å². The highest BCUT2D eigenvalue weighted by Crippen LogP contribution is 2.23. The lowest BCUT2D eigenvalue weighted by Crippen LogP contribution is -2.06. The number of hydrogen-bond donors (Lipinski definition) is 0. The molecule has 1 nitrogen and oxygen atoms in total. The molecule has 0 saturated heterocycles. The molecule has 0 aliphatic heterocycles. The molecule has 0 saturated carbocycles. The first-order valence-corrected chi connectivity index (χ1v) is 10.7. The molecule has 152 valence electrons. The molecule has 0 rings (SSSR count). The minimum Gasteiger partial charge on any atom is -0.381 e. The maximum Gasteiger partial charge on any atom is 0.389 e. The molecule has 0 aromatic heterocycles. The van der Waals surface area contributed by atoms with Crippen LogP contribution in [0.4, 0.5) is 13.2 Å². The molecule has 0 aliphatic rings. The highest BCUT2D eigenvalue weighted by molar-refractivity contribution is 4.53. The fourth-order valence-electron chi connectivity index (χ4n) is 3.07. The Morgan fingerprint density at radius 1 is 0.520 bits per heavy atom. The minimum atomic E-state index is -3.97. The fourth-order valence-corrected chi connectivity index (χ4v) is 3.07. The summed E-state index contributed by atoms with van der Waals surface area (Å²) >= 11 is 0. The lowest BCUT2D eigenvalue weighted by molar-refractivity contribution is -0.135. The highest BCUT2D eigenvalue weighted by atomic mass is 19.4. The lowest BCUT2D eigenvalue weighted by atomic mass is 10.0. The summed E-state index contributed by atoms with van der Waals surface area (Å²) in [7, 11) is 0. The number of rotatable bonds is 19. The molecule has 0 amide bonds. The maximum absolute atomic E-state index is 12.0. The summed E-state index contributed by atoms with van der Waals surface area (Å²) in [5.41, 5.74) is 0. The normalized spacial score (nSPS) is 12.0. The van der Waals surface area contributed by atoms with Crippen LogP contribution in [0, 0.1) is 0 Å². The standard InChI is InChI=1S/C21H41F3O/c1-2-19-25-20-17-15-13-11-9-7-5-3-4-6-8-10-12-14-16-18-21(22,23)24/h2-20H2,1H3. The molecule has 0 radical (unpaired) electrons. The van der Waals surface area contributed by atoms with Crippen LogP contribution < -0.4 is 0 Å². The summed E-state index contributed by atoms with van der Waals surface area (Å²) in [6.07, 6.45) is 13.9. The third-order valence-electron chi connectivity index (χ3n) is 4.60. The average molecular weight is 367 g/mol. The van der Waals surface area contributed by atoms with Gasteiger partial charge >= 0.3 is 6.18 Å². The van der Waals surface area contributed by atoms with Crippen LogP contribution in [0.25, 0.3) is 0 Å². The van der Waals surface area contributed by atoms with Gasteiger partial charge in [0.1, 0.15) is 0 Å². The van der Waals surface area contributed by atoms with Gasteiger partial charge in [0.15, 0.2) is 0 Å². The van der Waals surface area contributed by atoms with Crippen LogP contribution in [0.5, 0.6) is 0 Å². The molecule has 0 heterocycles. The van der Waals surface area contributed by atoms with Crippen LogP contribution >= 0.6 is 0 Å². The Morgan fingerprint density at radius 2 is 0.880 bits per heavy atom. The Labute approximate surface area is 154 Å². The Bertz CT molecular complexity index is 254. The van der Waals surface area contributed by atoms with E-state index in [1.54, 1.807) is 0 Å². The van der Waals surface area contributed by atoms with Gasteiger partial charge in [-0.2, -0.15) is 13.2 Å². The average Bonchev–Trinajstić information content (AvgIpc) is 2.56. The topological polar surface area (TPSA) is 9.23 Å². The molecule has 0 aliphatic carbocycles. The summed E-state index contributed by atoms with van der Waals surface area (Å²) in [4.78, 5) is 0. The minimum absolute atomic E-state index is 0.301. The van der Waals surface area contributed by atoms with Gasteiger partial charge in [-0.3, -0.25) is 0 Å². The Hall–Kier alpha value is -0.250. The van der Waals surface area contributed by atoms with E-state index in [4.69, 9.17) is 4.74 Å². The zero-order valence-electron chi connectivity index (χ0n) is 16.5. The molecule has 4 heteroatoms. The predicted molar refractivity (Wildman–Crippen MR) is 101 cm³/mol. The number of unbranched alkanes of at least 4 members (excludes halogenated alkanes) is 14. The third kappa shape index (κ3) is 23.8. The molecule has 0 aromatic rings. The van der Waals surface area contributed by atoms with Crippen LogP contribution in [0.1, 0.15) is 116 Å². The number of halogens is 3. The van der Waals surface area contributed by atoms with Gasteiger partial charge in [0.2, 0.25) is 0 Å². The van der Waals surface area contributed by atoms with E-state index in [2.05, 4.69) is 6.92 Å². The summed E-state index contributed by atoms with van der Waals surface area (Å²) in [5, 5.41) is 0. The Kier molecular flexibility index (Phi) is 18.4. The van der Waals surface area contributed by atoms with Crippen LogP contribution in [-0.4, -0.2) is 19.4 Å². The molecule has 0 aromatic carbocycles. The Balaban J connectivity index is 3.01. The van der Waals surface area contributed by atoms with Crippen molar-refractivity contribution in [2.24, 2.45) is 0 Å². The van der Waals surface area contributed by atoms with Gasteiger partial charge in [0, 0.05) is 19.6 Å². The van der Waals surface area contributed by atoms with Crippen molar-refractivity contribution in [3.8, 4) is 0 Å². The van der Waals surface area contributed by atoms with E-state index in [1.165, 1.54) is 70.6 Å². The van der Waals surface area contributed by atoms with Gasteiger partial charge in [0.25, 0.3) is 0 Å². The summed E-state index contributed by atoms with van der Waals surface area (Å²) in [5.74, 6) is 0. The van der Waals surface area contributed by atoms with E-state index in [-0.39, 0.29) is 0 Å². The van der Waals surface area contributed by atoms with Crippen molar-refractivity contribution < 1.29 is 17.9 Å². The van der Waals surface area contributed by atoms with Crippen LogP contribution in [0.3, 0.4) is 0 Å². The molecule has 0 unspecified atom stereocenters. The van der Waals surface area contributed by atoms with Gasteiger partial charge < -0.3 is 4.74 Å². The van der Waals surface area contributed by atoms with Crippen molar-refractivity contribution >= 4 is 0 Å². The summed E-state index contributed by atoms with van der Waals surface area (Å²) in [6, 6.07) is 0. The van der Waals surface area contributed by atoms with Gasteiger partial charge in [0.05, 0.1) is 0 Å². The Morgan fingerprint density at radius 3 is 1.24 bits per heavy atom. The van der Waals surface area contributed by atoms with Gasteiger partial charge in [-0.05, 0) is 19.3 Å². The maximum atomic E-state index is 12.0. The SMILES string of the molecule is CCCOCCCCCCCCCCCCCCCCCC(F)(F)F. The molecule has 0 spiro atoms. The second-order valence-corrected chi connectivity index (χ2v) is 7.28. The van der Waals surface area contributed by atoms with E-state index in [0.717, 1.165) is 38.9 Å². The first-order valence-electron chi connectivity index (χ1n) is 10.7. The molecular weight excluding hydrogens is 325 g/mol. The van der Waals surface area contributed by atoms with E-state index < -0.39 is 12.6 Å². The quantitative estimate of drug-likeness (QED) is 0.209. The van der Waals surface area contributed by atoms with Crippen molar-refractivity contribution in [2.45, 2.75) is 122 Å². The second-order valence-electron chi connectivity index (χ2n) is 7.28. The number of hydrogen-bond acceptors (Lipinski definition) is 1. The van der Waals surface area contributed by atoms with Crippen molar-refractivity contribution in [1.29, 1.82) is 0 Å². The molecule has 25 heavy (non-hydrogen) atoms. The van der Waals surface area contributed by atoms with Gasteiger partial charge in [-0.1, -0.05) is 90.4 Å². The lowest BCUT2D eigenvalue weighted by Gasteiger charge is -2.06. The van der Waals surface area contributed by atoms with E-state index >= 15 is 0 Å². The third-order valence-corrected chi connectivity index (χ3v) is 4.60. The monoisotopic (exact) mass is 366 g/mol. The van der Waals surface area contributed by atoms with Gasteiger partial charge in [-0.25, -0.2) is 0 Å². The highest BCUT2D eigenvalue weighted by Gasteiger charge is 2.25. The van der Waals surface area contributed by atoms with Crippen molar-refractivity contribution in [3.63, 3.8) is 0 Å². The fraction of sp³-hybridized carbons (Fsp3) is 1.00. The summed E-state index contributed by atoms with van der Waals surface area (Å²) in [6.45, 7) is 3.97. The molecule has 0 fully saturated rings. The zero-order chi connectivity index (χ0) is 18.6. The van der Waals surface area contributed by atoms with Crippen LogP contribution in [0.2, 0.25) is 0 Å². The predicted octanol–water partition coefficient (Wildman–Crippen LogP) is 8.22. The van der Waals surface area contributed by atoms with Gasteiger partial charge in [-0.15, -0.1) is 0 Å². The number of alkyl halides is 3. The first-order chi connectivity index (χ1) is 12.1. The second kappa shape index (κ2) is 18.5. The molecule has 0 bridgehead atoms. The zero-order valence-corrected chi connectivity index (χ0v) is 16.5. The molecular formula is C21H41F3O. The van der Waals surface area contributed by atoms with Crippen molar-refractivity contribution in [2.75, 3.05) is 13.2 Å². The van der Waals surface area contributed by atoms with E-state index in [0.29, 0.717) is 6.42 Å². The van der Waals surface area contributed by atoms with Crippen molar-refractivity contribution in [1.82, 2.24) is 0 Å².